The highest BCUT2D eigenvalue weighted by molar-refractivity contribution is 5.01. The third-order valence-electron chi connectivity index (χ3n) is 1.82. The van der Waals surface area contributed by atoms with Crippen LogP contribution in [0.5, 0.6) is 0 Å². The summed E-state index contributed by atoms with van der Waals surface area (Å²) in [6.07, 6.45) is -20.1. The standard InChI is InChI=1S/C5F11NO/c6-1(2(7,8)9,3(10,11)12)17-5(16,18-17)4(13,14)15/t5-,17?/m0/s1. The Morgan fingerprint density at radius 3 is 1.22 bits per heavy atom. The number of nitrogens with zero attached hydrogens (tertiary/aromatic N) is 1. The molecule has 1 saturated heterocycles. The van der Waals surface area contributed by atoms with Crippen LogP contribution >= 0.6 is 0 Å². The van der Waals surface area contributed by atoms with Gasteiger partial charge in [-0.2, -0.15) is 43.9 Å². The first-order valence-corrected chi connectivity index (χ1v) is 3.66. The first kappa shape index (κ1) is 15.2. The van der Waals surface area contributed by atoms with Crippen molar-refractivity contribution in [1.29, 1.82) is 0 Å². The highest BCUT2D eigenvalue weighted by Crippen LogP contribution is 2.61. The molecule has 1 unspecified atom stereocenters. The Bertz CT molecular complexity index is 327. The molecule has 1 rings (SSSR count). The molecule has 0 aliphatic carbocycles. The zero-order valence-electron chi connectivity index (χ0n) is 7.51. The summed E-state index contributed by atoms with van der Waals surface area (Å²) in [6.45, 7) is 0. The fourth-order valence-corrected chi connectivity index (χ4v) is 0.920. The van der Waals surface area contributed by atoms with Crippen molar-refractivity contribution in [2.24, 2.45) is 0 Å². The molecule has 2 atom stereocenters. The van der Waals surface area contributed by atoms with E-state index in [9.17, 15) is 48.3 Å². The molecule has 0 N–H and O–H groups in total. The summed E-state index contributed by atoms with van der Waals surface area (Å²) in [4.78, 5) is 2.51. The van der Waals surface area contributed by atoms with Crippen LogP contribution in [0.1, 0.15) is 0 Å². The number of hydrogen-bond acceptors (Lipinski definition) is 2. The third-order valence-corrected chi connectivity index (χ3v) is 1.82. The maximum absolute atomic E-state index is 12.8. The normalized spacial score (nSPS) is 30.5. The van der Waals surface area contributed by atoms with Crippen molar-refractivity contribution in [1.82, 2.24) is 5.06 Å². The van der Waals surface area contributed by atoms with Gasteiger partial charge in [-0.15, -0.1) is 0 Å². The molecule has 18 heavy (non-hydrogen) atoms. The van der Waals surface area contributed by atoms with Gasteiger partial charge in [0.2, 0.25) is 0 Å². The van der Waals surface area contributed by atoms with E-state index in [-0.39, 0.29) is 0 Å². The topological polar surface area (TPSA) is 15.5 Å². The van der Waals surface area contributed by atoms with Gasteiger partial charge in [0, 0.05) is 0 Å². The van der Waals surface area contributed by atoms with Gasteiger partial charge < -0.3 is 0 Å². The van der Waals surface area contributed by atoms with Gasteiger partial charge in [0.1, 0.15) is 0 Å². The fourth-order valence-electron chi connectivity index (χ4n) is 0.920. The molecule has 2 nitrogen and oxygen atoms in total. The Hall–Kier alpha value is -0.850. The van der Waals surface area contributed by atoms with Crippen LogP contribution in [0.4, 0.5) is 48.3 Å². The Balaban J connectivity index is 3.21. The molecule has 0 radical (unpaired) electrons. The quantitative estimate of drug-likeness (QED) is 0.420. The van der Waals surface area contributed by atoms with E-state index in [1.807, 2.05) is 0 Å². The van der Waals surface area contributed by atoms with Crippen LogP contribution in [0.15, 0.2) is 0 Å². The van der Waals surface area contributed by atoms with E-state index in [1.54, 1.807) is 0 Å². The van der Waals surface area contributed by atoms with E-state index >= 15 is 0 Å². The number of hydroxylamine groups is 2. The van der Waals surface area contributed by atoms with Crippen molar-refractivity contribution < 1.29 is 53.1 Å². The molecule has 1 heterocycles. The van der Waals surface area contributed by atoms with Crippen LogP contribution in [0.25, 0.3) is 0 Å². The highest BCUT2D eigenvalue weighted by Gasteiger charge is 2.92. The van der Waals surface area contributed by atoms with Crippen LogP contribution in [-0.2, 0) is 4.84 Å². The second-order valence-electron chi connectivity index (χ2n) is 3.06. The lowest BCUT2D eigenvalue weighted by Gasteiger charge is -2.29. The van der Waals surface area contributed by atoms with Gasteiger partial charge in [0.15, 0.2) is 0 Å². The average molecular weight is 299 g/mol. The minimum atomic E-state index is -6.88. The Morgan fingerprint density at radius 2 is 1.06 bits per heavy atom. The second kappa shape index (κ2) is 3.37. The minimum Gasteiger partial charge on any atom is -0.225 e. The zero-order valence-corrected chi connectivity index (χ0v) is 7.51. The summed E-state index contributed by atoms with van der Waals surface area (Å²) >= 11 is 0. The molecule has 0 bridgehead atoms. The van der Waals surface area contributed by atoms with Gasteiger partial charge in [0.05, 0.1) is 0 Å². The molecule has 0 saturated carbocycles. The van der Waals surface area contributed by atoms with Gasteiger partial charge in [-0.05, 0) is 0 Å². The molecule has 0 aromatic carbocycles. The highest BCUT2D eigenvalue weighted by atomic mass is 19.4. The van der Waals surface area contributed by atoms with Gasteiger partial charge in [-0.3, -0.25) is 0 Å². The Morgan fingerprint density at radius 1 is 0.722 bits per heavy atom. The van der Waals surface area contributed by atoms with Crippen molar-refractivity contribution in [2.75, 3.05) is 0 Å². The SMILES string of the molecule is FC(F)(F)C(F)(N1O[C@]1(F)C(F)(F)F)C(F)(F)F. The largest absolute Gasteiger partial charge is 0.468 e. The second-order valence-corrected chi connectivity index (χ2v) is 3.06. The first-order valence-electron chi connectivity index (χ1n) is 3.66. The van der Waals surface area contributed by atoms with Crippen LogP contribution in [0.2, 0.25) is 0 Å². The van der Waals surface area contributed by atoms with E-state index in [4.69, 9.17) is 0 Å². The number of alkyl halides is 11. The third kappa shape index (κ3) is 1.79. The van der Waals surface area contributed by atoms with Crippen LogP contribution < -0.4 is 0 Å². The number of rotatable bonds is 1. The van der Waals surface area contributed by atoms with E-state index in [2.05, 4.69) is 4.84 Å². The zero-order chi connectivity index (χ0) is 14.8. The molecule has 1 aliphatic rings. The van der Waals surface area contributed by atoms with Crippen molar-refractivity contribution in [2.45, 2.75) is 30.3 Å². The van der Waals surface area contributed by atoms with Crippen molar-refractivity contribution in [3.8, 4) is 0 Å². The molecule has 108 valence electrons. The molecular formula is C5F11NO. The van der Waals surface area contributed by atoms with E-state index in [0.717, 1.165) is 0 Å². The molecule has 0 amide bonds. The number of halogens is 11. The molecule has 13 heteroatoms. The predicted octanol–water partition coefficient (Wildman–Crippen LogP) is 3.21. The monoisotopic (exact) mass is 299 g/mol. The van der Waals surface area contributed by atoms with Crippen molar-refractivity contribution >= 4 is 0 Å². The van der Waals surface area contributed by atoms with E-state index < -0.39 is 35.4 Å². The Labute approximate surface area is 89.8 Å². The summed E-state index contributed by atoms with van der Waals surface area (Å²) in [5, 5.41) is -2.46. The summed E-state index contributed by atoms with van der Waals surface area (Å²) < 4.78 is 132. The van der Waals surface area contributed by atoms with E-state index in [1.165, 1.54) is 0 Å². The van der Waals surface area contributed by atoms with Crippen LogP contribution in [-0.4, -0.2) is 35.4 Å². The lowest BCUT2D eigenvalue weighted by Crippen LogP contribution is -2.61. The van der Waals surface area contributed by atoms with Gasteiger partial charge >= 0.3 is 30.3 Å². The fraction of sp³-hybridized carbons (Fsp3) is 1.00. The molecule has 0 spiro atoms. The first-order chi connectivity index (χ1) is 7.59. The summed E-state index contributed by atoms with van der Waals surface area (Å²) in [5.41, 5.74) is 0. The average Bonchev–Trinajstić information content (AvgIpc) is 2.73. The van der Waals surface area contributed by atoms with Crippen molar-refractivity contribution in [3.05, 3.63) is 0 Å². The number of hydrogen-bond donors (Lipinski definition) is 0. The minimum absolute atomic E-state index is 2.46. The van der Waals surface area contributed by atoms with E-state index in [0.29, 0.717) is 0 Å². The summed E-state index contributed by atoms with van der Waals surface area (Å²) in [7, 11) is 0. The Kier molecular flexibility index (Phi) is 2.85. The van der Waals surface area contributed by atoms with Crippen LogP contribution in [0, 0.1) is 0 Å². The maximum atomic E-state index is 12.8. The molecular weight excluding hydrogens is 299 g/mol. The van der Waals surface area contributed by atoms with Gasteiger partial charge in [-0.1, -0.05) is 5.06 Å². The van der Waals surface area contributed by atoms with Crippen molar-refractivity contribution in [3.63, 3.8) is 0 Å². The van der Waals surface area contributed by atoms with Gasteiger partial charge in [-0.25, -0.2) is 9.23 Å². The molecule has 1 fully saturated rings. The molecule has 1 aliphatic heterocycles. The maximum Gasteiger partial charge on any atom is 0.468 e. The predicted molar refractivity (Wildman–Crippen MR) is 28.8 cm³/mol. The molecule has 0 aromatic rings. The van der Waals surface area contributed by atoms with Crippen LogP contribution in [0.3, 0.4) is 0 Å². The smallest absolute Gasteiger partial charge is 0.225 e. The summed E-state index contributed by atoms with van der Waals surface area (Å²) in [6, 6.07) is 0. The lowest BCUT2D eigenvalue weighted by molar-refractivity contribution is -0.394. The van der Waals surface area contributed by atoms with Gasteiger partial charge in [0.25, 0.3) is 0 Å². The molecule has 0 aromatic heterocycles. The summed E-state index contributed by atoms with van der Waals surface area (Å²) in [5.74, 6) is -12.1. The lowest BCUT2D eigenvalue weighted by atomic mass is 10.2.